The molecule has 1 N–H and O–H groups in total. The molecule has 2 aliphatic rings. The van der Waals surface area contributed by atoms with Gasteiger partial charge >= 0.3 is 0 Å². The number of benzene rings is 1. The lowest BCUT2D eigenvalue weighted by atomic mass is 10.0. The Hall–Kier alpha value is -3.12. The summed E-state index contributed by atoms with van der Waals surface area (Å²) >= 11 is 0. The molecule has 0 radical (unpaired) electrons. The molecule has 0 fully saturated rings. The lowest BCUT2D eigenvalue weighted by Crippen LogP contribution is -2.36. The second-order valence-electron chi connectivity index (χ2n) is 8.50. The van der Waals surface area contributed by atoms with Crippen LogP contribution in [-0.2, 0) is 19.5 Å². The van der Waals surface area contributed by atoms with E-state index in [4.69, 9.17) is 4.98 Å². The van der Waals surface area contributed by atoms with E-state index in [1.165, 1.54) is 5.56 Å². The van der Waals surface area contributed by atoms with Crippen LogP contribution in [0.15, 0.2) is 52.4 Å². The van der Waals surface area contributed by atoms with Crippen molar-refractivity contribution in [2.24, 2.45) is 4.99 Å². The van der Waals surface area contributed by atoms with Gasteiger partial charge in [0, 0.05) is 44.4 Å². The average molecular weight is 414 g/mol. The molecular formula is C25H27N5O. The number of fused-ring (bicyclic) bond motifs is 1. The minimum atomic E-state index is -0.0224. The predicted octanol–water partition coefficient (Wildman–Crippen LogP) is 3.67. The van der Waals surface area contributed by atoms with Crippen molar-refractivity contribution in [3.05, 3.63) is 81.2 Å². The zero-order valence-corrected chi connectivity index (χ0v) is 17.9. The van der Waals surface area contributed by atoms with Crippen molar-refractivity contribution < 1.29 is 0 Å². The molecule has 0 aliphatic carbocycles. The molecule has 2 aliphatic heterocycles. The van der Waals surface area contributed by atoms with E-state index in [1.54, 1.807) is 0 Å². The molecule has 0 unspecified atom stereocenters. The van der Waals surface area contributed by atoms with Crippen LogP contribution in [0.5, 0.6) is 0 Å². The van der Waals surface area contributed by atoms with E-state index < -0.39 is 0 Å². The lowest BCUT2D eigenvalue weighted by Gasteiger charge is -2.27. The fraction of sp³-hybridized carbons (Fsp3) is 0.360. The highest BCUT2D eigenvalue weighted by molar-refractivity contribution is 5.97. The highest BCUT2D eigenvalue weighted by atomic mass is 16.1. The Morgan fingerprint density at radius 2 is 1.94 bits per heavy atom. The second-order valence-corrected chi connectivity index (χ2v) is 8.50. The van der Waals surface area contributed by atoms with Crippen LogP contribution in [-0.4, -0.2) is 38.7 Å². The van der Waals surface area contributed by atoms with Crippen molar-refractivity contribution in [3.63, 3.8) is 0 Å². The number of pyridine rings is 1. The molecule has 1 aromatic carbocycles. The molecule has 0 amide bonds. The van der Waals surface area contributed by atoms with Gasteiger partial charge < -0.3 is 4.98 Å². The smallest absolute Gasteiger partial charge is 0.255 e. The molecule has 3 aromatic rings. The van der Waals surface area contributed by atoms with Crippen molar-refractivity contribution in [2.45, 2.75) is 45.7 Å². The number of hydrogen-bond donors (Lipinski definition) is 1. The van der Waals surface area contributed by atoms with E-state index in [1.807, 2.05) is 6.20 Å². The second kappa shape index (κ2) is 8.55. The average Bonchev–Trinajstić information content (AvgIpc) is 2.81. The third-order valence-corrected chi connectivity index (χ3v) is 6.12. The fourth-order valence-corrected chi connectivity index (χ4v) is 4.31. The molecule has 2 aromatic heterocycles. The van der Waals surface area contributed by atoms with Gasteiger partial charge in [-0.3, -0.25) is 19.7 Å². The number of rotatable bonds is 4. The van der Waals surface area contributed by atoms with Crippen molar-refractivity contribution in [3.8, 4) is 11.3 Å². The van der Waals surface area contributed by atoms with Crippen LogP contribution in [0, 0.1) is 6.92 Å². The summed E-state index contributed by atoms with van der Waals surface area (Å²) in [7, 11) is 0. The summed E-state index contributed by atoms with van der Waals surface area (Å²) in [6, 6.07) is 12.6. The largest absolute Gasteiger partial charge is 0.305 e. The lowest BCUT2D eigenvalue weighted by molar-refractivity contribution is 0.241. The van der Waals surface area contributed by atoms with Crippen LogP contribution < -0.4 is 5.56 Å². The number of nitrogens with zero attached hydrogens (tertiary/aromatic N) is 4. The first-order valence-electron chi connectivity index (χ1n) is 11.1. The van der Waals surface area contributed by atoms with Crippen LogP contribution in [0.4, 0.5) is 0 Å². The fourth-order valence-electron chi connectivity index (χ4n) is 4.31. The van der Waals surface area contributed by atoms with E-state index in [-0.39, 0.29) is 5.56 Å². The summed E-state index contributed by atoms with van der Waals surface area (Å²) in [6.45, 7) is 5.19. The summed E-state index contributed by atoms with van der Waals surface area (Å²) in [6.07, 6.45) is 5.87. The van der Waals surface area contributed by atoms with Crippen LogP contribution in [0.2, 0.25) is 0 Å². The van der Waals surface area contributed by atoms with Gasteiger partial charge in [-0.15, -0.1) is 0 Å². The van der Waals surface area contributed by atoms with Gasteiger partial charge in [0.15, 0.2) is 5.82 Å². The Morgan fingerprint density at radius 3 is 2.68 bits per heavy atom. The molecule has 0 atom stereocenters. The molecule has 0 bridgehead atoms. The number of H-pyrrole nitrogens is 1. The Labute approximate surface area is 182 Å². The van der Waals surface area contributed by atoms with Gasteiger partial charge in [0.25, 0.3) is 5.56 Å². The number of aromatic amines is 1. The van der Waals surface area contributed by atoms with Crippen LogP contribution >= 0.6 is 0 Å². The number of nitrogens with one attached hydrogen (secondary N) is 1. The first kappa shape index (κ1) is 19.8. The number of aliphatic imine (C=N–C) groups is 1. The van der Waals surface area contributed by atoms with Crippen molar-refractivity contribution >= 4 is 5.71 Å². The molecule has 6 nitrogen and oxygen atoms in total. The van der Waals surface area contributed by atoms with Gasteiger partial charge in [0.1, 0.15) is 0 Å². The molecule has 5 rings (SSSR count). The zero-order valence-electron chi connectivity index (χ0n) is 17.9. The van der Waals surface area contributed by atoms with Gasteiger partial charge in [-0.05, 0) is 37.8 Å². The summed E-state index contributed by atoms with van der Waals surface area (Å²) in [5.41, 5.74) is 7.14. The van der Waals surface area contributed by atoms with E-state index in [9.17, 15) is 4.79 Å². The van der Waals surface area contributed by atoms with Gasteiger partial charge in [-0.25, -0.2) is 4.98 Å². The molecule has 0 saturated heterocycles. The third kappa shape index (κ3) is 4.35. The molecule has 0 spiro atoms. The van der Waals surface area contributed by atoms with Crippen LogP contribution in [0.1, 0.15) is 47.5 Å². The maximum atomic E-state index is 12.8. The van der Waals surface area contributed by atoms with E-state index in [0.29, 0.717) is 12.4 Å². The monoisotopic (exact) mass is 413 g/mol. The third-order valence-electron chi connectivity index (χ3n) is 6.12. The molecule has 6 heteroatoms. The van der Waals surface area contributed by atoms with E-state index >= 15 is 0 Å². The Bertz CT molecular complexity index is 1160. The molecule has 158 valence electrons. The van der Waals surface area contributed by atoms with Gasteiger partial charge in [0.05, 0.1) is 22.7 Å². The summed E-state index contributed by atoms with van der Waals surface area (Å²) < 4.78 is 0. The van der Waals surface area contributed by atoms with Gasteiger partial charge in [0.2, 0.25) is 0 Å². The van der Waals surface area contributed by atoms with Crippen molar-refractivity contribution in [1.29, 1.82) is 0 Å². The maximum absolute atomic E-state index is 12.8. The SMILES string of the molecule is Cc1ccc(-c2ccc(CN3CCc4nc(C5=NCCCC5)[nH]c(=O)c4C3)cn2)cc1. The summed E-state index contributed by atoms with van der Waals surface area (Å²) in [5.74, 6) is 0.674. The topological polar surface area (TPSA) is 74.2 Å². The highest BCUT2D eigenvalue weighted by Crippen LogP contribution is 2.20. The number of hydrogen-bond acceptors (Lipinski definition) is 5. The molecule has 4 heterocycles. The summed E-state index contributed by atoms with van der Waals surface area (Å²) in [5, 5.41) is 0. The standard InChI is InChI=1S/C25H27N5O/c1-17-5-8-19(9-6-17)21-10-7-18(14-27-21)15-30-13-11-22-20(16-30)25(31)29-24(28-22)23-4-2-3-12-26-23/h5-10,14H,2-4,11-13,15-16H2,1H3,(H,28,29,31). The van der Waals surface area contributed by atoms with Crippen LogP contribution in [0.3, 0.4) is 0 Å². The summed E-state index contributed by atoms with van der Waals surface area (Å²) in [4.78, 5) is 32.0. The minimum Gasteiger partial charge on any atom is -0.305 e. The molecule has 0 saturated carbocycles. The van der Waals surface area contributed by atoms with Gasteiger partial charge in [-0.2, -0.15) is 0 Å². The first-order chi connectivity index (χ1) is 15.2. The maximum Gasteiger partial charge on any atom is 0.255 e. The van der Waals surface area contributed by atoms with Crippen molar-refractivity contribution in [2.75, 3.05) is 13.1 Å². The Kier molecular flexibility index (Phi) is 5.47. The molecular weight excluding hydrogens is 386 g/mol. The zero-order chi connectivity index (χ0) is 21.2. The van der Waals surface area contributed by atoms with Gasteiger partial charge in [-0.1, -0.05) is 35.9 Å². The minimum absolute atomic E-state index is 0.0224. The molecule has 31 heavy (non-hydrogen) atoms. The Balaban J connectivity index is 1.29. The van der Waals surface area contributed by atoms with E-state index in [2.05, 4.69) is 63.2 Å². The number of aromatic nitrogens is 3. The normalized spacial score (nSPS) is 16.6. The number of aryl methyl sites for hydroxylation is 1. The Morgan fingerprint density at radius 1 is 1.06 bits per heavy atom. The van der Waals surface area contributed by atoms with Crippen LogP contribution in [0.25, 0.3) is 11.3 Å². The quantitative estimate of drug-likeness (QED) is 0.708. The highest BCUT2D eigenvalue weighted by Gasteiger charge is 2.22. The van der Waals surface area contributed by atoms with Crippen molar-refractivity contribution in [1.82, 2.24) is 19.9 Å². The first-order valence-corrected chi connectivity index (χ1v) is 11.1. The predicted molar refractivity (Wildman–Crippen MR) is 122 cm³/mol. The van der Waals surface area contributed by atoms with E-state index in [0.717, 1.165) is 79.1 Å².